The number of rotatable bonds is 3. The van der Waals surface area contributed by atoms with Gasteiger partial charge in [-0.3, -0.25) is 9.69 Å². The minimum atomic E-state index is -0.406. The summed E-state index contributed by atoms with van der Waals surface area (Å²) in [6.07, 6.45) is 4.42. The summed E-state index contributed by atoms with van der Waals surface area (Å²) in [5.41, 5.74) is -0.414. The number of nitrogens with zero attached hydrogens (tertiary/aromatic N) is 1. The Morgan fingerprint density at radius 2 is 2.05 bits per heavy atom. The molecule has 0 spiro atoms. The maximum absolute atomic E-state index is 12.3. The van der Waals surface area contributed by atoms with Crippen LogP contribution in [0.2, 0.25) is 0 Å². The van der Waals surface area contributed by atoms with E-state index in [9.17, 15) is 4.79 Å². The van der Waals surface area contributed by atoms with Gasteiger partial charge in [-0.05, 0) is 66.8 Å². The first-order chi connectivity index (χ1) is 9.16. The van der Waals surface area contributed by atoms with Crippen molar-refractivity contribution < 1.29 is 14.3 Å². The first-order valence-electron chi connectivity index (χ1n) is 7.81. The Morgan fingerprint density at radius 3 is 2.60 bits per heavy atom. The van der Waals surface area contributed by atoms with Gasteiger partial charge in [0.1, 0.15) is 11.6 Å². The predicted molar refractivity (Wildman–Crippen MR) is 78.6 cm³/mol. The molecule has 4 nitrogen and oxygen atoms in total. The maximum Gasteiger partial charge on any atom is 0.323 e. The van der Waals surface area contributed by atoms with Gasteiger partial charge in [-0.1, -0.05) is 0 Å². The number of esters is 1. The number of hydrogen-bond donors (Lipinski definition) is 0. The minimum absolute atomic E-state index is 0.00813. The summed E-state index contributed by atoms with van der Waals surface area (Å²) in [7, 11) is 0. The molecule has 20 heavy (non-hydrogen) atoms. The first kappa shape index (κ1) is 15.8. The monoisotopic (exact) mass is 283 g/mol. The Labute approximate surface area is 122 Å². The molecule has 2 heterocycles. The lowest BCUT2D eigenvalue weighted by Crippen LogP contribution is -2.43. The second kappa shape index (κ2) is 5.64. The molecular formula is C16H29NO3. The summed E-state index contributed by atoms with van der Waals surface area (Å²) in [6, 6.07) is -0.0819. The normalized spacial score (nSPS) is 30.6. The molecule has 0 radical (unpaired) electrons. The van der Waals surface area contributed by atoms with Crippen molar-refractivity contribution in [2.24, 2.45) is 0 Å². The average molecular weight is 283 g/mol. The van der Waals surface area contributed by atoms with Crippen LogP contribution in [-0.4, -0.2) is 47.3 Å². The van der Waals surface area contributed by atoms with Gasteiger partial charge < -0.3 is 9.47 Å². The standard InChI is InChI=1S/C16H29NO3/c1-15(2,3)20-14(18)13-7-6-10-17(13)11-12-8-9-16(4,5)19-12/h12-13H,6-11H2,1-5H3/t12?,13-/m0/s1. The largest absolute Gasteiger partial charge is 0.459 e. The number of hydrogen-bond acceptors (Lipinski definition) is 4. The molecule has 116 valence electrons. The van der Waals surface area contributed by atoms with Gasteiger partial charge >= 0.3 is 5.97 Å². The third-order valence-corrected chi connectivity index (χ3v) is 4.03. The second-order valence-electron chi connectivity index (χ2n) is 7.72. The van der Waals surface area contributed by atoms with E-state index in [1.807, 2.05) is 20.8 Å². The quantitative estimate of drug-likeness (QED) is 0.747. The summed E-state index contributed by atoms with van der Waals surface area (Å²) in [5, 5.41) is 0. The summed E-state index contributed by atoms with van der Waals surface area (Å²) in [5.74, 6) is -0.0766. The van der Waals surface area contributed by atoms with E-state index in [2.05, 4.69) is 18.7 Å². The highest BCUT2D eigenvalue weighted by Crippen LogP contribution is 2.31. The molecule has 2 fully saturated rings. The Bertz CT molecular complexity index is 359. The molecule has 1 unspecified atom stereocenters. The Kier molecular flexibility index (Phi) is 4.45. The molecule has 0 aromatic rings. The van der Waals surface area contributed by atoms with Crippen LogP contribution >= 0.6 is 0 Å². The molecule has 2 saturated heterocycles. The number of carbonyl (C=O) groups is 1. The lowest BCUT2D eigenvalue weighted by atomic mass is 10.1. The van der Waals surface area contributed by atoms with E-state index in [-0.39, 0.29) is 23.7 Å². The van der Waals surface area contributed by atoms with Crippen LogP contribution in [0.5, 0.6) is 0 Å². The van der Waals surface area contributed by atoms with Crippen molar-refractivity contribution in [3.05, 3.63) is 0 Å². The average Bonchev–Trinajstić information content (AvgIpc) is 2.83. The van der Waals surface area contributed by atoms with E-state index in [0.717, 1.165) is 38.8 Å². The molecule has 2 aliphatic rings. The Hall–Kier alpha value is -0.610. The number of ether oxygens (including phenoxy) is 2. The number of carbonyl (C=O) groups excluding carboxylic acids is 1. The zero-order chi connectivity index (χ0) is 15.0. The smallest absolute Gasteiger partial charge is 0.323 e. The molecule has 2 atom stereocenters. The summed E-state index contributed by atoms with van der Waals surface area (Å²) in [4.78, 5) is 14.5. The van der Waals surface area contributed by atoms with Crippen molar-refractivity contribution in [1.82, 2.24) is 4.90 Å². The molecule has 2 aliphatic heterocycles. The molecule has 0 aromatic carbocycles. The topological polar surface area (TPSA) is 38.8 Å². The van der Waals surface area contributed by atoms with E-state index in [1.54, 1.807) is 0 Å². The summed E-state index contributed by atoms with van der Waals surface area (Å²) >= 11 is 0. The lowest BCUT2D eigenvalue weighted by molar-refractivity contribution is -0.160. The fourth-order valence-electron chi connectivity index (χ4n) is 3.15. The molecule has 4 heteroatoms. The van der Waals surface area contributed by atoms with Crippen LogP contribution in [0, 0.1) is 0 Å². The highest BCUT2D eigenvalue weighted by molar-refractivity contribution is 5.76. The van der Waals surface area contributed by atoms with Crippen molar-refractivity contribution in [3.8, 4) is 0 Å². The van der Waals surface area contributed by atoms with Gasteiger partial charge in [-0.2, -0.15) is 0 Å². The molecule has 0 saturated carbocycles. The van der Waals surface area contributed by atoms with E-state index >= 15 is 0 Å². The molecular weight excluding hydrogens is 254 g/mol. The molecule has 0 aromatic heterocycles. The van der Waals surface area contributed by atoms with Gasteiger partial charge in [-0.15, -0.1) is 0 Å². The van der Waals surface area contributed by atoms with Crippen LogP contribution in [0.25, 0.3) is 0 Å². The third kappa shape index (κ3) is 4.19. The van der Waals surface area contributed by atoms with Crippen LogP contribution in [-0.2, 0) is 14.3 Å². The van der Waals surface area contributed by atoms with Crippen molar-refractivity contribution in [3.63, 3.8) is 0 Å². The van der Waals surface area contributed by atoms with Gasteiger partial charge in [0.25, 0.3) is 0 Å². The summed E-state index contributed by atoms with van der Waals surface area (Å²) < 4.78 is 11.6. The second-order valence-corrected chi connectivity index (χ2v) is 7.72. The van der Waals surface area contributed by atoms with E-state index in [4.69, 9.17) is 9.47 Å². The third-order valence-electron chi connectivity index (χ3n) is 4.03. The van der Waals surface area contributed by atoms with E-state index in [0.29, 0.717) is 0 Å². The van der Waals surface area contributed by atoms with Crippen LogP contribution in [0.3, 0.4) is 0 Å². The van der Waals surface area contributed by atoms with Crippen LogP contribution in [0.15, 0.2) is 0 Å². The van der Waals surface area contributed by atoms with Gasteiger partial charge in [0.05, 0.1) is 11.7 Å². The fraction of sp³-hybridized carbons (Fsp3) is 0.938. The van der Waals surface area contributed by atoms with E-state index in [1.165, 1.54) is 0 Å². The maximum atomic E-state index is 12.3. The van der Waals surface area contributed by atoms with Gasteiger partial charge in [0.15, 0.2) is 0 Å². The van der Waals surface area contributed by atoms with Crippen molar-refractivity contribution >= 4 is 5.97 Å². The molecule has 0 aliphatic carbocycles. The van der Waals surface area contributed by atoms with Gasteiger partial charge in [-0.25, -0.2) is 0 Å². The molecule has 0 bridgehead atoms. The Morgan fingerprint density at radius 1 is 1.35 bits per heavy atom. The van der Waals surface area contributed by atoms with Crippen molar-refractivity contribution in [2.45, 2.75) is 83.6 Å². The predicted octanol–water partition coefficient (Wildman–Crippen LogP) is 2.75. The Balaban J connectivity index is 1.89. The zero-order valence-electron chi connectivity index (χ0n) is 13.6. The van der Waals surface area contributed by atoms with E-state index < -0.39 is 5.60 Å². The highest BCUT2D eigenvalue weighted by atomic mass is 16.6. The molecule has 0 N–H and O–H groups in total. The van der Waals surface area contributed by atoms with Gasteiger partial charge in [0, 0.05) is 6.54 Å². The van der Waals surface area contributed by atoms with Crippen molar-refractivity contribution in [1.29, 1.82) is 0 Å². The summed E-state index contributed by atoms with van der Waals surface area (Å²) in [6.45, 7) is 11.9. The van der Waals surface area contributed by atoms with Crippen LogP contribution in [0.1, 0.15) is 60.3 Å². The first-order valence-corrected chi connectivity index (χ1v) is 7.81. The SMILES string of the molecule is CC(C)(C)OC(=O)[C@@H]1CCCN1CC1CCC(C)(C)O1. The van der Waals surface area contributed by atoms with Crippen LogP contribution < -0.4 is 0 Å². The fourth-order valence-corrected chi connectivity index (χ4v) is 3.15. The highest BCUT2D eigenvalue weighted by Gasteiger charge is 2.38. The zero-order valence-corrected chi connectivity index (χ0v) is 13.6. The molecule has 0 amide bonds. The van der Waals surface area contributed by atoms with Crippen LogP contribution in [0.4, 0.5) is 0 Å². The van der Waals surface area contributed by atoms with Gasteiger partial charge in [0.2, 0.25) is 0 Å². The lowest BCUT2D eigenvalue weighted by Gasteiger charge is -2.29. The number of likely N-dealkylation sites (tertiary alicyclic amines) is 1. The minimum Gasteiger partial charge on any atom is -0.459 e. The molecule has 2 rings (SSSR count). The van der Waals surface area contributed by atoms with Crippen molar-refractivity contribution in [2.75, 3.05) is 13.1 Å².